The number of aromatic nitrogens is 2. The summed E-state index contributed by atoms with van der Waals surface area (Å²) in [6.45, 7) is 3.38. The number of hydrogen-bond donors (Lipinski definition) is 4. The Hall–Kier alpha value is -2.08. The van der Waals surface area contributed by atoms with Crippen LogP contribution >= 0.6 is 0 Å². The number of carbonyl (C=O) groups excluding carboxylic acids is 1. The van der Waals surface area contributed by atoms with Gasteiger partial charge >= 0.3 is 5.69 Å². The molecule has 4 N–H and O–H groups in total. The van der Waals surface area contributed by atoms with Gasteiger partial charge in [-0.3, -0.25) is 19.1 Å². The number of rotatable bonds is 6. The molecule has 0 saturated carbocycles. The van der Waals surface area contributed by atoms with Crippen molar-refractivity contribution in [2.75, 3.05) is 13.2 Å². The summed E-state index contributed by atoms with van der Waals surface area (Å²) in [5, 5.41) is 21.5. The van der Waals surface area contributed by atoms with Crippen LogP contribution in [0.25, 0.3) is 0 Å². The topological polar surface area (TPSA) is 143 Å². The van der Waals surface area contributed by atoms with Gasteiger partial charge < -0.3 is 20.3 Å². The van der Waals surface area contributed by atoms with Gasteiger partial charge in [-0.2, -0.15) is 4.94 Å². The Balaban J connectivity index is 2.38. The Bertz CT molecular complexity index is 732. The van der Waals surface area contributed by atoms with E-state index in [-0.39, 0.29) is 11.5 Å². The van der Waals surface area contributed by atoms with Gasteiger partial charge in [0.1, 0.15) is 17.8 Å². The van der Waals surface area contributed by atoms with Crippen LogP contribution in [0.4, 0.5) is 4.53 Å². The lowest BCUT2D eigenvalue weighted by Gasteiger charge is -2.18. The van der Waals surface area contributed by atoms with Crippen molar-refractivity contribution in [3.05, 3.63) is 32.6 Å². The molecule has 4 atom stereocenters. The number of nitrogens with zero attached hydrogens (tertiary/aromatic N) is 1. The average Bonchev–Trinajstić information content (AvgIpc) is 2.88. The van der Waals surface area contributed by atoms with E-state index in [4.69, 9.17) is 9.84 Å². The third-order valence-corrected chi connectivity index (χ3v) is 3.75. The fourth-order valence-corrected chi connectivity index (χ4v) is 2.42. The Kier molecular flexibility index (Phi) is 6.06. The van der Waals surface area contributed by atoms with Gasteiger partial charge in [0.15, 0.2) is 12.3 Å². The van der Waals surface area contributed by atoms with Crippen LogP contribution in [-0.4, -0.2) is 57.1 Å². The monoisotopic (exact) mass is 361 g/mol. The van der Waals surface area contributed by atoms with Crippen molar-refractivity contribution >= 4 is 5.91 Å². The second kappa shape index (κ2) is 7.87. The molecular weight excluding hydrogens is 341 g/mol. The number of carbonyl (C=O) groups is 1. The number of aromatic amines is 1. The minimum absolute atomic E-state index is 0.136. The molecule has 1 fully saturated rings. The summed E-state index contributed by atoms with van der Waals surface area (Å²) < 4.78 is 18.7. The summed E-state index contributed by atoms with van der Waals surface area (Å²) >= 11 is 0. The molecule has 2 rings (SSSR count). The second-order valence-electron chi connectivity index (χ2n) is 6.11. The molecule has 0 radical (unpaired) electrons. The van der Waals surface area contributed by atoms with Crippen molar-refractivity contribution in [1.82, 2.24) is 14.9 Å². The maximum absolute atomic E-state index is 12.8. The molecule has 0 spiro atoms. The zero-order chi connectivity index (χ0) is 18.7. The maximum atomic E-state index is 12.8. The van der Waals surface area contributed by atoms with Gasteiger partial charge in [0.25, 0.3) is 11.5 Å². The fourth-order valence-electron chi connectivity index (χ4n) is 2.42. The number of halogens is 1. The first-order valence-corrected chi connectivity index (χ1v) is 7.65. The smallest absolute Gasteiger partial charge is 0.330 e. The van der Waals surface area contributed by atoms with E-state index in [2.05, 4.69) is 10.3 Å². The third kappa shape index (κ3) is 3.95. The fraction of sp³-hybridized carbons (Fsp3) is 0.643. The van der Waals surface area contributed by atoms with Crippen LogP contribution in [0.3, 0.4) is 0 Å². The molecule has 25 heavy (non-hydrogen) atoms. The highest BCUT2D eigenvalue weighted by Gasteiger charge is 2.47. The first kappa shape index (κ1) is 19.2. The minimum Gasteiger partial charge on any atom is -0.394 e. The van der Waals surface area contributed by atoms with Crippen LogP contribution in [-0.2, 0) is 9.68 Å². The van der Waals surface area contributed by atoms with E-state index in [1.165, 1.54) is 0 Å². The van der Waals surface area contributed by atoms with Crippen LogP contribution in [0.1, 0.15) is 30.4 Å². The quantitative estimate of drug-likeness (QED) is 0.480. The molecule has 1 aliphatic heterocycles. The molecular formula is C14H20FN3O7. The molecule has 1 aromatic rings. The van der Waals surface area contributed by atoms with Crippen molar-refractivity contribution < 1.29 is 29.2 Å². The van der Waals surface area contributed by atoms with Crippen molar-refractivity contribution in [2.24, 2.45) is 5.92 Å². The Morgan fingerprint density at radius 2 is 2.20 bits per heavy atom. The standard InChI is InChI=1S/C14H20FN3O7/c1-6(2)3-16-11(21)7-4-18(14(23)17-12(7)22)13-10(25-15)9(20)8(5-19)24-13/h4,6,8-10,13,19-20H,3,5H2,1-2H3,(H,16,21)(H,17,22,23)/t8-,9+,10-,13-/m1/s1. The van der Waals surface area contributed by atoms with E-state index < -0.39 is 48.3 Å². The summed E-state index contributed by atoms with van der Waals surface area (Å²) in [4.78, 5) is 41.6. The van der Waals surface area contributed by atoms with Gasteiger partial charge in [-0.15, -0.1) is 0 Å². The lowest BCUT2D eigenvalue weighted by atomic mass is 10.1. The van der Waals surface area contributed by atoms with Crippen LogP contribution in [0.15, 0.2) is 15.8 Å². The van der Waals surface area contributed by atoms with Gasteiger partial charge in [0.2, 0.25) is 0 Å². The van der Waals surface area contributed by atoms with Gasteiger partial charge in [-0.25, -0.2) is 4.79 Å². The van der Waals surface area contributed by atoms with Crippen molar-refractivity contribution in [2.45, 2.75) is 38.4 Å². The average molecular weight is 361 g/mol. The lowest BCUT2D eigenvalue weighted by Crippen LogP contribution is -2.41. The molecule has 2 heterocycles. The zero-order valence-corrected chi connectivity index (χ0v) is 13.6. The molecule has 10 nitrogen and oxygen atoms in total. The summed E-state index contributed by atoms with van der Waals surface area (Å²) in [6, 6.07) is 0. The van der Waals surface area contributed by atoms with Crippen LogP contribution in [0.2, 0.25) is 0 Å². The van der Waals surface area contributed by atoms with Crippen molar-refractivity contribution in [1.29, 1.82) is 0 Å². The number of ether oxygens (including phenoxy) is 1. The van der Waals surface area contributed by atoms with Crippen LogP contribution in [0, 0.1) is 5.92 Å². The molecule has 140 valence electrons. The van der Waals surface area contributed by atoms with Crippen molar-refractivity contribution in [3.8, 4) is 0 Å². The van der Waals surface area contributed by atoms with E-state index in [9.17, 15) is 24.0 Å². The Morgan fingerprint density at radius 3 is 2.76 bits per heavy atom. The highest BCUT2D eigenvalue weighted by Crippen LogP contribution is 2.30. The molecule has 1 aliphatic rings. The highest BCUT2D eigenvalue weighted by atomic mass is 19.3. The molecule has 1 amide bonds. The van der Waals surface area contributed by atoms with Gasteiger partial charge in [-0.05, 0) is 10.4 Å². The molecule has 11 heteroatoms. The van der Waals surface area contributed by atoms with Crippen LogP contribution < -0.4 is 16.6 Å². The van der Waals surface area contributed by atoms with Crippen LogP contribution in [0.5, 0.6) is 0 Å². The number of amides is 1. The molecule has 0 bridgehead atoms. The van der Waals surface area contributed by atoms with Crippen molar-refractivity contribution in [3.63, 3.8) is 0 Å². The number of nitrogens with one attached hydrogen (secondary N) is 2. The molecule has 0 aromatic carbocycles. The minimum atomic E-state index is -1.62. The lowest BCUT2D eigenvalue weighted by molar-refractivity contribution is -0.221. The van der Waals surface area contributed by atoms with Gasteiger partial charge in [0.05, 0.1) is 6.61 Å². The highest BCUT2D eigenvalue weighted by molar-refractivity contribution is 5.93. The number of aliphatic hydroxyl groups excluding tert-OH is 2. The summed E-state index contributed by atoms with van der Waals surface area (Å²) in [6.07, 6.45) is -4.93. The maximum Gasteiger partial charge on any atom is 0.330 e. The molecule has 1 saturated heterocycles. The van der Waals surface area contributed by atoms with E-state index in [1.54, 1.807) is 0 Å². The molecule has 1 aromatic heterocycles. The number of H-pyrrole nitrogens is 1. The van der Waals surface area contributed by atoms with E-state index in [1.807, 2.05) is 18.8 Å². The zero-order valence-electron chi connectivity index (χ0n) is 13.6. The van der Waals surface area contributed by atoms with Gasteiger partial charge in [0, 0.05) is 12.7 Å². The summed E-state index contributed by atoms with van der Waals surface area (Å²) in [5.41, 5.74) is -2.29. The Morgan fingerprint density at radius 1 is 1.52 bits per heavy atom. The van der Waals surface area contributed by atoms with E-state index in [0.717, 1.165) is 10.8 Å². The predicted molar refractivity (Wildman–Crippen MR) is 81.5 cm³/mol. The first-order valence-electron chi connectivity index (χ1n) is 7.65. The molecule has 0 unspecified atom stereocenters. The van der Waals surface area contributed by atoms with E-state index in [0.29, 0.717) is 6.54 Å². The van der Waals surface area contributed by atoms with E-state index >= 15 is 0 Å². The summed E-state index contributed by atoms with van der Waals surface area (Å²) in [5.74, 6) is -0.587. The van der Waals surface area contributed by atoms with Gasteiger partial charge in [-0.1, -0.05) is 13.8 Å². The summed E-state index contributed by atoms with van der Waals surface area (Å²) in [7, 11) is 0. The SMILES string of the molecule is CC(C)CNC(=O)c1cn([C@@H]2O[C@H](CO)[C@H](O)[C@H]2OF)c(=O)[nH]c1=O. The molecule has 0 aliphatic carbocycles. The third-order valence-electron chi connectivity index (χ3n) is 3.75. The Labute approximate surface area is 141 Å². The number of hydrogen-bond acceptors (Lipinski definition) is 7. The second-order valence-corrected chi connectivity index (χ2v) is 6.11. The number of aliphatic hydroxyl groups is 2. The largest absolute Gasteiger partial charge is 0.394 e. The first-order chi connectivity index (χ1) is 11.8. The normalized spacial score (nSPS) is 26.2. The predicted octanol–water partition coefficient (Wildman–Crippen LogP) is -1.56.